The molecule has 0 radical (unpaired) electrons. The molecule has 0 spiro atoms. The lowest BCUT2D eigenvalue weighted by molar-refractivity contribution is -0.120. The standard InChI is InChI=1S/C16H27N5O/c1-12-6-13(8-17-7-12)9-21-10-15(18-19-21)16(22)11-20-4-2-14(16)3-5-20/h10,12-14,17,22H,2-9,11H2,1H3. The molecule has 1 aromatic heterocycles. The smallest absolute Gasteiger partial charge is 0.125 e. The molecule has 0 aliphatic carbocycles. The number of aromatic nitrogens is 3. The summed E-state index contributed by atoms with van der Waals surface area (Å²) < 4.78 is 1.94. The highest BCUT2D eigenvalue weighted by Gasteiger charge is 2.48. The fourth-order valence-corrected chi connectivity index (χ4v) is 4.59. The van der Waals surface area contributed by atoms with Gasteiger partial charge in [-0.2, -0.15) is 0 Å². The molecule has 0 saturated carbocycles. The van der Waals surface area contributed by atoms with Crippen LogP contribution in [0.1, 0.15) is 31.9 Å². The van der Waals surface area contributed by atoms with E-state index < -0.39 is 5.60 Å². The van der Waals surface area contributed by atoms with Crippen molar-refractivity contribution in [1.29, 1.82) is 0 Å². The van der Waals surface area contributed by atoms with Gasteiger partial charge in [-0.1, -0.05) is 12.1 Å². The van der Waals surface area contributed by atoms with Crippen molar-refractivity contribution in [2.75, 3.05) is 32.7 Å². The Hall–Kier alpha value is -0.980. The summed E-state index contributed by atoms with van der Waals surface area (Å²) in [5.74, 6) is 1.69. The molecule has 4 fully saturated rings. The Labute approximate surface area is 131 Å². The van der Waals surface area contributed by atoms with Crippen LogP contribution in [0.3, 0.4) is 0 Å². The molecule has 2 N–H and O–H groups in total. The minimum absolute atomic E-state index is 0.346. The molecule has 2 bridgehead atoms. The van der Waals surface area contributed by atoms with Crippen LogP contribution >= 0.6 is 0 Å². The van der Waals surface area contributed by atoms with E-state index in [1.807, 2.05) is 10.9 Å². The first-order valence-electron chi connectivity index (χ1n) is 8.69. The largest absolute Gasteiger partial charge is 0.382 e. The zero-order chi connectivity index (χ0) is 15.2. The molecular formula is C16H27N5O. The lowest BCUT2D eigenvalue weighted by atomic mass is 9.74. The molecule has 22 heavy (non-hydrogen) atoms. The first-order valence-corrected chi connectivity index (χ1v) is 8.69. The van der Waals surface area contributed by atoms with E-state index in [1.54, 1.807) is 0 Å². The van der Waals surface area contributed by atoms with E-state index in [0.29, 0.717) is 11.8 Å². The molecule has 0 amide bonds. The number of nitrogens with one attached hydrogen (secondary N) is 1. The molecule has 0 aromatic carbocycles. The van der Waals surface area contributed by atoms with Crippen LogP contribution in [0.2, 0.25) is 0 Å². The Balaban J connectivity index is 1.47. The number of rotatable bonds is 3. The van der Waals surface area contributed by atoms with Crippen molar-refractivity contribution in [3.05, 3.63) is 11.9 Å². The van der Waals surface area contributed by atoms with Gasteiger partial charge in [0.2, 0.25) is 0 Å². The second kappa shape index (κ2) is 5.58. The first-order chi connectivity index (χ1) is 10.6. The summed E-state index contributed by atoms with van der Waals surface area (Å²) in [6, 6.07) is 0. The molecule has 1 aromatic rings. The maximum Gasteiger partial charge on any atom is 0.125 e. The van der Waals surface area contributed by atoms with Crippen molar-refractivity contribution < 1.29 is 5.11 Å². The topological polar surface area (TPSA) is 66.2 Å². The van der Waals surface area contributed by atoms with E-state index in [-0.39, 0.29) is 0 Å². The molecular weight excluding hydrogens is 278 g/mol. The summed E-state index contributed by atoms with van der Waals surface area (Å²) >= 11 is 0. The van der Waals surface area contributed by atoms with E-state index in [9.17, 15) is 5.11 Å². The third-order valence-corrected chi connectivity index (χ3v) is 5.82. The van der Waals surface area contributed by atoms with Gasteiger partial charge >= 0.3 is 0 Å². The molecule has 5 heterocycles. The lowest BCUT2D eigenvalue weighted by Crippen LogP contribution is -2.57. The highest BCUT2D eigenvalue weighted by molar-refractivity contribution is 5.14. The van der Waals surface area contributed by atoms with Crippen molar-refractivity contribution in [2.45, 2.75) is 38.3 Å². The molecule has 3 unspecified atom stereocenters. The third-order valence-electron chi connectivity index (χ3n) is 5.82. The van der Waals surface area contributed by atoms with Gasteiger partial charge in [0, 0.05) is 13.1 Å². The first kappa shape index (κ1) is 14.6. The zero-order valence-corrected chi connectivity index (χ0v) is 13.4. The summed E-state index contributed by atoms with van der Waals surface area (Å²) in [4.78, 5) is 2.35. The van der Waals surface area contributed by atoms with Crippen LogP contribution in [0.5, 0.6) is 0 Å². The molecule has 5 rings (SSSR count). The number of hydrogen-bond donors (Lipinski definition) is 2. The fourth-order valence-electron chi connectivity index (χ4n) is 4.59. The van der Waals surface area contributed by atoms with Gasteiger partial charge in [0.15, 0.2) is 0 Å². The van der Waals surface area contributed by atoms with E-state index in [0.717, 1.165) is 63.7 Å². The van der Waals surface area contributed by atoms with Crippen molar-refractivity contribution >= 4 is 0 Å². The molecule has 6 heteroatoms. The highest BCUT2D eigenvalue weighted by Crippen LogP contribution is 2.41. The summed E-state index contributed by atoms with van der Waals surface area (Å²) in [5.41, 5.74) is -0.00827. The molecule has 6 nitrogen and oxygen atoms in total. The second-order valence-electron chi connectivity index (χ2n) is 7.67. The summed E-state index contributed by atoms with van der Waals surface area (Å²) in [6.07, 6.45) is 5.38. The van der Waals surface area contributed by atoms with E-state index >= 15 is 0 Å². The molecule has 4 aliphatic rings. The number of piperidine rings is 4. The Morgan fingerprint density at radius 3 is 2.86 bits per heavy atom. The van der Waals surface area contributed by atoms with Crippen LogP contribution in [-0.4, -0.2) is 57.7 Å². The van der Waals surface area contributed by atoms with Crippen molar-refractivity contribution in [1.82, 2.24) is 25.2 Å². The minimum atomic E-state index is -0.785. The van der Waals surface area contributed by atoms with Crippen LogP contribution in [0, 0.1) is 17.8 Å². The van der Waals surface area contributed by atoms with Crippen LogP contribution in [-0.2, 0) is 12.1 Å². The average Bonchev–Trinajstić information content (AvgIpc) is 2.97. The van der Waals surface area contributed by atoms with Crippen molar-refractivity contribution in [3.63, 3.8) is 0 Å². The maximum absolute atomic E-state index is 11.1. The predicted octanol–water partition coefficient (Wildman–Crippen LogP) is 0.437. The summed E-state index contributed by atoms with van der Waals surface area (Å²) in [7, 11) is 0. The molecule has 3 atom stereocenters. The Morgan fingerprint density at radius 1 is 1.36 bits per heavy atom. The van der Waals surface area contributed by atoms with Crippen LogP contribution in [0.15, 0.2) is 6.20 Å². The normalized spacial score (nSPS) is 41.7. The summed E-state index contributed by atoms with van der Waals surface area (Å²) in [6.45, 7) is 8.32. The minimum Gasteiger partial charge on any atom is -0.382 e. The summed E-state index contributed by atoms with van der Waals surface area (Å²) in [5, 5.41) is 23.2. The van der Waals surface area contributed by atoms with Gasteiger partial charge in [0.25, 0.3) is 0 Å². The van der Waals surface area contributed by atoms with E-state index in [2.05, 4.69) is 27.5 Å². The van der Waals surface area contributed by atoms with E-state index in [1.165, 1.54) is 6.42 Å². The zero-order valence-electron chi connectivity index (χ0n) is 13.4. The van der Waals surface area contributed by atoms with Crippen molar-refractivity contribution in [2.24, 2.45) is 17.8 Å². The highest BCUT2D eigenvalue weighted by atomic mass is 16.3. The van der Waals surface area contributed by atoms with Crippen LogP contribution in [0.4, 0.5) is 0 Å². The Morgan fingerprint density at radius 2 is 2.18 bits per heavy atom. The van der Waals surface area contributed by atoms with Gasteiger partial charge in [-0.05, 0) is 63.2 Å². The number of fused-ring (bicyclic) bond motifs is 3. The molecule has 4 aliphatic heterocycles. The number of hydrogen-bond acceptors (Lipinski definition) is 5. The SMILES string of the molecule is CC1CNCC(Cn2cc(C3(O)CN4CCC3CC4)nn2)C1. The lowest BCUT2D eigenvalue weighted by Gasteiger charge is -2.49. The third kappa shape index (κ3) is 2.57. The predicted molar refractivity (Wildman–Crippen MR) is 83.2 cm³/mol. The monoisotopic (exact) mass is 305 g/mol. The van der Waals surface area contributed by atoms with Gasteiger partial charge in [-0.15, -0.1) is 5.10 Å². The van der Waals surface area contributed by atoms with Crippen molar-refractivity contribution in [3.8, 4) is 0 Å². The number of nitrogens with zero attached hydrogens (tertiary/aromatic N) is 4. The van der Waals surface area contributed by atoms with Gasteiger partial charge < -0.3 is 15.3 Å². The van der Waals surface area contributed by atoms with Gasteiger partial charge in [0.1, 0.15) is 11.3 Å². The quantitative estimate of drug-likeness (QED) is 0.848. The Bertz CT molecular complexity index is 524. The molecule has 4 saturated heterocycles. The Kier molecular flexibility index (Phi) is 3.71. The fraction of sp³-hybridized carbons (Fsp3) is 0.875. The average molecular weight is 305 g/mol. The van der Waals surface area contributed by atoms with Gasteiger partial charge in [-0.3, -0.25) is 4.68 Å². The van der Waals surface area contributed by atoms with Crippen LogP contribution in [0.25, 0.3) is 0 Å². The maximum atomic E-state index is 11.1. The number of aliphatic hydroxyl groups is 1. The van der Waals surface area contributed by atoms with Gasteiger partial charge in [-0.25, -0.2) is 0 Å². The molecule has 122 valence electrons. The second-order valence-corrected chi connectivity index (χ2v) is 7.67. The van der Waals surface area contributed by atoms with Crippen LogP contribution < -0.4 is 5.32 Å². The van der Waals surface area contributed by atoms with Gasteiger partial charge in [0.05, 0.1) is 6.20 Å². The van der Waals surface area contributed by atoms with E-state index in [4.69, 9.17) is 0 Å².